The molecule has 0 aromatic heterocycles. The second kappa shape index (κ2) is 5.36. The maximum Gasteiger partial charge on any atom is 0.0818 e. The Balaban J connectivity index is 2.36. The Labute approximate surface area is 109 Å². The van der Waals surface area contributed by atoms with Crippen LogP contribution in [0.5, 0.6) is 0 Å². The summed E-state index contributed by atoms with van der Waals surface area (Å²) >= 11 is 0. The highest BCUT2D eigenvalue weighted by molar-refractivity contribution is 7.93. The molecule has 0 saturated heterocycles. The second-order valence-electron chi connectivity index (χ2n) is 4.31. The zero-order valence-corrected chi connectivity index (χ0v) is 11.4. The van der Waals surface area contributed by atoms with Gasteiger partial charge in [-0.05, 0) is 24.6 Å². The molecule has 0 radical (unpaired) electrons. The molecule has 0 aliphatic carbocycles. The van der Waals surface area contributed by atoms with Crippen LogP contribution in [0.4, 0.5) is 0 Å². The maximum atomic E-state index is 12.6. The molecule has 2 aromatic carbocycles. The van der Waals surface area contributed by atoms with Crippen LogP contribution < -0.4 is 0 Å². The van der Waals surface area contributed by atoms with Crippen molar-refractivity contribution in [1.82, 2.24) is 0 Å². The predicted molar refractivity (Wildman–Crippen MR) is 76.1 cm³/mol. The van der Waals surface area contributed by atoms with E-state index in [9.17, 15) is 4.21 Å². The SMILES string of the molecule is CC(N=S(C)(=O)c1ccccc1)c1ccccc1. The van der Waals surface area contributed by atoms with Crippen molar-refractivity contribution in [2.75, 3.05) is 6.26 Å². The van der Waals surface area contributed by atoms with E-state index in [2.05, 4.69) is 4.36 Å². The van der Waals surface area contributed by atoms with Crippen LogP contribution in [0.2, 0.25) is 0 Å². The van der Waals surface area contributed by atoms with Crippen molar-refractivity contribution in [3.05, 3.63) is 66.2 Å². The number of nitrogens with zero attached hydrogens (tertiary/aromatic N) is 1. The molecular formula is C15H17NOS. The fraction of sp³-hybridized carbons (Fsp3) is 0.200. The first-order chi connectivity index (χ1) is 8.59. The van der Waals surface area contributed by atoms with Gasteiger partial charge < -0.3 is 0 Å². The van der Waals surface area contributed by atoms with E-state index in [0.29, 0.717) is 0 Å². The molecule has 0 fully saturated rings. The van der Waals surface area contributed by atoms with Crippen molar-refractivity contribution in [2.24, 2.45) is 4.36 Å². The van der Waals surface area contributed by atoms with E-state index in [-0.39, 0.29) is 6.04 Å². The molecule has 0 saturated carbocycles. The van der Waals surface area contributed by atoms with E-state index in [4.69, 9.17) is 0 Å². The molecule has 0 heterocycles. The third-order valence-corrected chi connectivity index (χ3v) is 4.69. The molecule has 0 aliphatic rings. The molecule has 2 unspecified atom stereocenters. The summed E-state index contributed by atoms with van der Waals surface area (Å²) in [6.45, 7) is 1.97. The zero-order chi connectivity index (χ0) is 13.0. The molecule has 0 spiro atoms. The lowest BCUT2D eigenvalue weighted by atomic mass is 10.1. The van der Waals surface area contributed by atoms with Crippen LogP contribution in [0, 0.1) is 0 Å². The minimum absolute atomic E-state index is 0.0658. The van der Waals surface area contributed by atoms with Crippen LogP contribution in [0.25, 0.3) is 0 Å². The van der Waals surface area contributed by atoms with E-state index < -0.39 is 9.73 Å². The van der Waals surface area contributed by atoms with Gasteiger partial charge in [0.15, 0.2) is 0 Å². The first kappa shape index (κ1) is 12.8. The highest BCUT2D eigenvalue weighted by atomic mass is 32.2. The first-order valence-electron chi connectivity index (χ1n) is 5.91. The van der Waals surface area contributed by atoms with Gasteiger partial charge in [0, 0.05) is 11.2 Å². The molecule has 18 heavy (non-hydrogen) atoms. The van der Waals surface area contributed by atoms with Gasteiger partial charge in [0.05, 0.1) is 15.8 Å². The highest BCUT2D eigenvalue weighted by Gasteiger charge is 2.09. The van der Waals surface area contributed by atoms with E-state index in [1.807, 2.05) is 67.6 Å². The number of hydrogen-bond acceptors (Lipinski definition) is 2. The Hall–Kier alpha value is -1.61. The monoisotopic (exact) mass is 259 g/mol. The molecule has 2 atom stereocenters. The summed E-state index contributed by atoms with van der Waals surface area (Å²) in [7, 11) is -2.33. The van der Waals surface area contributed by atoms with E-state index in [1.165, 1.54) is 0 Å². The molecular weight excluding hydrogens is 242 g/mol. The fourth-order valence-corrected chi connectivity index (χ4v) is 3.34. The summed E-state index contributed by atoms with van der Waals surface area (Å²) < 4.78 is 17.1. The van der Waals surface area contributed by atoms with Crippen LogP contribution in [0.1, 0.15) is 18.5 Å². The van der Waals surface area contributed by atoms with Gasteiger partial charge in [-0.2, -0.15) is 0 Å². The van der Waals surface area contributed by atoms with E-state index in [1.54, 1.807) is 6.26 Å². The van der Waals surface area contributed by atoms with Gasteiger partial charge >= 0.3 is 0 Å². The van der Waals surface area contributed by atoms with Gasteiger partial charge in [-0.1, -0.05) is 48.5 Å². The Bertz CT molecular complexity index is 613. The number of benzene rings is 2. The van der Waals surface area contributed by atoms with Crippen molar-refractivity contribution in [2.45, 2.75) is 17.9 Å². The minimum Gasteiger partial charge on any atom is -0.245 e. The lowest BCUT2D eigenvalue weighted by Gasteiger charge is -2.10. The quantitative estimate of drug-likeness (QED) is 0.822. The Morgan fingerprint density at radius 3 is 2.00 bits per heavy atom. The number of hydrogen-bond donors (Lipinski definition) is 0. The number of rotatable bonds is 3. The third kappa shape index (κ3) is 2.99. The molecule has 3 heteroatoms. The van der Waals surface area contributed by atoms with Crippen LogP contribution in [-0.4, -0.2) is 10.5 Å². The van der Waals surface area contributed by atoms with Crippen molar-refractivity contribution < 1.29 is 4.21 Å². The van der Waals surface area contributed by atoms with Gasteiger partial charge in [-0.15, -0.1) is 0 Å². The summed E-state index contributed by atoms with van der Waals surface area (Å²) in [5.74, 6) is 0. The first-order valence-corrected chi connectivity index (χ1v) is 7.83. The highest BCUT2D eigenvalue weighted by Crippen LogP contribution is 2.21. The van der Waals surface area contributed by atoms with Crippen molar-refractivity contribution in [3.63, 3.8) is 0 Å². The molecule has 0 N–H and O–H groups in total. The standard InChI is InChI=1S/C15H17NOS/c1-13(14-9-5-3-6-10-14)16-18(2,17)15-11-7-4-8-12-15/h3-13H,1-2H3. The maximum absolute atomic E-state index is 12.6. The van der Waals surface area contributed by atoms with Gasteiger partial charge in [-0.25, -0.2) is 8.57 Å². The Morgan fingerprint density at radius 2 is 1.44 bits per heavy atom. The van der Waals surface area contributed by atoms with Crippen molar-refractivity contribution >= 4 is 9.73 Å². The van der Waals surface area contributed by atoms with E-state index in [0.717, 1.165) is 10.5 Å². The van der Waals surface area contributed by atoms with Crippen LogP contribution in [-0.2, 0) is 9.73 Å². The summed E-state index contributed by atoms with van der Waals surface area (Å²) in [5.41, 5.74) is 1.09. The van der Waals surface area contributed by atoms with Gasteiger partial charge in [0.2, 0.25) is 0 Å². The zero-order valence-electron chi connectivity index (χ0n) is 10.6. The normalized spacial score (nSPS) is 15.7. The second-order valence-corrected chi connectivity index (χ2v) is 6.59. The molecule has 0 amide bonds. The van der Waals surface area contributed by atoms with Crippen molar-refractivity contribution in [3.8, 4) is 0 Å². The third-order valence-electron chi connectivity index (χ3n) is 2.82. The summed E-state index contributed by atoms with van der Waals surface area (Å²) in [4.78, 5) is 0.785. The molecule has 2 nitrogen and oxygen atoms in total. The Morgan fingerprint density at radius 1 is 0.944 bits per heavy atom. The van der Waals surface area contributed by atoms with E-state index >= 15 is 0 Å². The largest absolute Gasteiger partial charge is 0.245 e. The summed E-state index contributed by atoms with van der Waals surface area (Å²) in [5, 5.41) is 0. The summed E-state index contributed by atoms with van der Waals surface area (Å²) in [6.07, 6.45) is 1.70. The smallest absolute Gasteiger partial charge is 0.0818 e. The molecule has 0 bridgehead atoms. The molecule has 94 valence electrons. The lowest BCUT2D eigenvalue weighted by Crippen LogP contribution is -2.00. The summed E-state index contributed by atoms with van der Waals surface area (Å²) in [6, 6.07) is 19.3. The topological polar surface area (TPSA) is 29.4 Å². The fourth-order valence-electron chi connectivity index (χ4n) is 1.83. The van der Waals surface area contributed by atoms with Crippen LogP contribution in [0.15, 0.2) is 69.9 Å². The molecule has 0 aliphatic heterocycles. The van der Waals surface area contributed by atoms with Gasteiger partial charge in [0.1, 0.15) is 0 Å². The van der Waals surface area contributed by atoms with Gasteiger partial charge in [-0.3, -0.25) is 0 Å². The van der Waals surface area contributed by atoms with Crippen LogP contribution in [0.3, 0.4) is 0 Å². The average Bonchev–Trinajstić information content (AvgIpc) is 2.40. The minimum atomic E-state index is -2.33. The van der Waals surface area contributed by atoms with Crippen molar-refractivity contribution in [1.29, 1.82) is 0 Å². The van der Waals surface area contributed by atoms with Gasteiger partial charge in [0.25, 0.3) is 0 Å². The Kier molecular flexibility index (Phi) is 3.82. The lowest BCUT2D eigenvalue weighted by molar-refractivity contribution is 0.673. The average molecular weight is 259 g/mol. The molecule has 2 aromatic rings. The molecule has 2 rings (SSSR count). The van der Waals surface area contributed by atoms with Crippen LogP contribution >= 0.6 is 0 Å². The predicted octanol–water partition coefficient (Wildman–Crippen LogP) is 3.90.